The zero-order chi connectivity index (χ0) is 19.1. The van der Waals surface area contributed by atoms with Crippen molar-refractivity contribution < 1.29 is 24.1 Å². The highest BCUT2D eigenvalue weighted by molar-refractivity contribution is 6.22. The normalized spacial score (nSPS) is 15.2. The number of aliphatic hydroxyl groups excluding tert-OH is 1. The number of benzene rings is 1. The van der Waals surface area contributed by atoms with Gasteiger partial charge in [-0.15, -0.1) is 0 Å². The molecule has 6 heteroatoms. The third-order valence-electron chi connectivity index (χ3n) is 3.64. The number of carbonyl (C=O) groups is 1. The first-order valence-electron chi connectivity index (χ1n) is 8.79. The van der Waals surface area contributed by atoms with E-state index in [2.05, 4.69) is 4.99 Å². The number of hydrogen-bond donors (Lipinski definition) is 1. The van der Waals surface area contributed by atoms with E-state index in [4.69, 9.17) is 14.2 Å². The van der Waals surface area contributed by atoms with Crippen LogP contribution in [0.3, 0.4) is 0 Å². The number of nitrogens with zero attached hydrogens (tertiary/aromatic N) is 1. The van der Waals surface area contributed by atoms with Crippen LogP contribution in [0.5, 0.6) is 11.5 Å². The van der Waals surface area contributed by atoms with Gasteiger partial charge in [-0.1, -0.05) is 13.0 Å². The molecular weight excluding hydrogens is 334 g/mol. The Bertz CT molecular complexity index is 761. The molecule has 1 heterocycles. The highest BCUT2D eigenvalue weighted by Crippen LogP contribution is 2.31. The van der Waals surface area contributed by atoms with Gasteiger partial charge in [-0.25, -0.2) is 9.79 Å². The molecule has 0 aliphatic carbocycles. The fourth-order valence-electron chi connectivity index (χ4n) is 2.51. The number of carbonyl (C=O) groups excluding carboxylic acids is 1. The van der Waals surface area contributed by atoms with Gasteiger partial charge in [0.05, 0.1) is 25.5 Å². The Morgan fingerprint density at radius 1 is 1.15 bits per heavy atom. The quantitative estimate of drug-likeness (QED) is 0.708. The number of ether oxygens (including phenoxy) is 3. The molecule has 1 aromatic carbocycles. The van der Waals surface area contributed by atoms with E-state index in [0.29, 0.717) is 36.1 Å². The Labute approximate surface area is 153 Å². The predicted molar refractivity (Wildman–Crippen MR) is 101 cm³/mol. The van der Waals surface area contributed by atoms with Crippen molar-refractivity contribution in [3.8, 4) is 11.5 Å². The molecule has 1 aliphatic heterocycles. The van der Waals surface area contributed by atoms with Gasteiger partial charge in [-0.05, 0) is 51.0 Å². The predicted octanol–water partition coefficient (Wildman–Crippen LogP) is 4.06. The molecular formula is C20H25NO5. The Morgan fingerprint density at radius 2 is 1.92 bits per heavy atom. The van der Waals surface area contributed by atoms with Crippen LogP contribution in [0.25, 0.3) is 6.08 Å². The second kappa shape index (κ2) is 9.08. The number of aliphatic imine (C=N–C) groups is 1. The lowest BCUT2D eigenvalue weighted by atomic mass is 10.1. The average Bonchev–Trinajstić information content (AvgIpc) is 2.88. The van der Waals surface area contributed by atoms with E-state index < -0.39 is 5.97 Å². The molecule has 0 aromatic heterocycles. The van der Waals surface area contributed by atoms with Gasteiger partial charge in [-0.3, -0.25) is 0 Å². The molecule has 0 amide bonds. The van der Waals surface area contributed by atoms with Crippen LogP contribution in [0.1, 0.15) is 39.7 Å². The summed E-state index contributed by atoms with van der Waals surface area (Å²) < 4.78 is 16.3. The van der Waals surface area contributed by atoms with Crippen LogP contribution < -0.4 is 9.47 Å². The highest BCUT2D eigenvalue weighted by atomic mass is 16.5. The summed E-state index contributed by atoms with van der Waals surface area (Å²) in [6.07, 6.45) is 2.60. The van der Waals surface area contributed by atoms with Gasteiger partial charge in [0.15, 0.2) is 17.3 Å². The number of aliphatic hydroxyl groups is 1. The smallest absolute Gasteiger partial charge is 0.343 e. The molecule has 0 saturated heterocycles. The van der Waals surface area contributed by atoms with E-state index in [1.807, 2.05) is 32.0 Å². The first-order valence-corrected chi connectivity index (χ1v) is 8.79. The molecule has 0 atom stereocenters. The topological polar surface area (TPSA) is 77.4 Å². The van der Waals surface area contributed by atoms with Crippen molar-refractivity contribution in [1.29, 1.82) is 0 Å². The van der Waals surface area contributed by atoms with Crippen LogP contribution in [0.4, 0.5) is 0 Å². The second-order valence-corrected chi connectivity index (χ2v) is 5.66. The van der Waals surface area contributed by atoms with E-state index in [-0.39, 0.29) is 17.9 Å². The van der Waals surface area contributed by atoms with Gasteiger partial charge in [0.2, 0.25) is 0 Å². The molecule has 6 nitrogen and oxygen atoms in total. The summed E-state index contributed by atoms with van der Waals surface area (Å²) >= 11 is 0. The lowest BCUT2D eigenvalue weighted by Gasteiger charge is -2.12. The van der Waals surface area contributed by atoms with Crippen LogP contribution in [-0.4, -0.2) is 36.6 Å². The van der Waals surface area contributed by atoms with Gasteiger partial charge in [0.25, 0.3) is 0 Å². The Kier molecular flexibility index (Phi) is 6.83. The summed E-state index contributed by atoms with van der Waals surface area (Å²) in [6, 6.07) is 5.49. The SMILES string of the molecule is CCCOc1ccc(C=C2N=C(C)C(C(=O)OCC)=C2O)cc1OCC. The van der Waals surface area contributed by atoms with E-state index in [0.717, 1.165) is 12.0 Å². The maximum absolute atomic E-state index is 12.0. The fourth-order valence-corrected chi connectivity index (χ4v) is 2.51. The minimum Gasteiger partial charge on any atom is -0.505 e. The van der Waals surface area contributed by atoms with Crippen molar-refractivity contribution in [2.45, 2.75) is 34.1 Å². The van der Waals surface area contributed by atoms with Crippen LogP contribution in [0, 0.1) is 0 Å². The molecule has 140 valence electrons. The van der Waals surface area contributed by atoms with Crippen molar-refractivity contribution >= 4 is 17.8 Å². The van der Waals surface area contributed by atoms with Gasteiger partial charge >= 0.3 is 5.97 Å². The zero-order valence-corrected chi connectivity index (χ0v) is 15.7. The minimum atomic E-state index is -0.576. The van der Waals surface area contributed by atoms with E-state index in [1.165, 1.54) is 0 Å². The third kappa shape index (κ3) is 4.45. The molecule has 0 radical (unpaired) electrons. The van der Waals surface area contributed by atoms with Crippen molar-refractivity contribution in [2.24, 2.45) is 4.99 Å². The van der Waals surface area contributed by atoms with Crippen molar-refractivity contribution in [1.82, 2.24) is 0 Å². The van der Waals surface area contributed by atoms with Crippen LogP contribution in [0.15, 0.2) is 40.2 Å². The van der Waals surface area contributed by atoms with Crippen LogP contribution in [-0.2, 0) is 9.53 Å². The molecule has 26 heavy (non-hydrogen) atoms. The molecule has 0 saturated carbocycles. The Balaban J connectivity index is 2.34. The summed E-state index contributed by atoms with van der Waals surface area (Å²) in [7, 11) is 0. The van der Waals surface area contributed by atoms with Gasteiger partial charge in [-0.2, -0.15) is 0 Å². The largest absolute Gasteiger partial charge is 0.505 e. The Morgan fingerprint density at radius 3 is 2.58 bits per heavy atom. The number of rotatable bonds is 8. The van der Waals surface area contributed by atoms with E-state index in [9.17, 15) is 9.90 Å². The molecule has 0 bridgehead atoms. The standard InChI is InChI=1S/C20H25NO5/c1-5-10-26-16-9-8-14(12-17(16)24-6-2)11-15-19(22)18(13(4)21-15)20(23)25-7-3/h8-9,11-12,22H,5-7,10H2,1-4H3. The monoisotopic (exact) mass is 359 g/mol. The number of esters is 1. The summed E-state index contributed by atoms with van der Waals surface area (Å²) in [5.74, 6) is 0.551. The second-order valence-electron chi connectivity index (χ2n) is 5.66. The van der Waals surface area contributed by atoms with Gasteiger partial charge < -0.3 is 19.3 Å². The number of hydrogen-bond acceptors (Lipinski definition) is 6. The van der Waals surface area contributed by atoms with Gasteiger partial charge in [0.1, 0.15) is 11.3 Å². The first kappa shape index (κ1) is 19.6. The molecule has 1 aromatic rings. The lowest BCUT2D eigenvalue weighted by Crippen LogP contribution is -2.13. The van der Waals surface area contributed by atoms with Crippen molar-refractivity contribution in [3.05, 3.63) is 40.8 Å². The minimum absolute atomic E-state index is 0.103. The molecule has 1 aliphatic rings. The molecule has 1 N–H and O–H groups in total. The maximum atomic E-state index is 12.0. The summed E-state index contributed by atoms with van der Waals surface area (Å²) in [5, 5.41) is 10.4. The lowest BCUT2D eigenvalue weighted by molar-refractivity contribution is -0.138. The van der Waals surface area contributed by atoms with Crippen molar-refractivity contribution in [3.63, 3.8) is 0 Å². The van der Waals surface area contributed by atoms with Gasteiger partial charge in [0, 0.05) is 0 Å². The zero-order valence-electron chi connectivity index (χ0n) is 15.7. The highest BCUT2D eigenvalue weighted by Gasteiger charge is 2.27. The summed E-state index contributed by atoms with van der Waals surface area (Å²) in [4.78, 5) is 16.2. The third-order valence-corrected chi connectivity index (χ3v) is 3.64. The maximum Gasteiger partial charge on any atom is 0.343 e. The van der Waals surface area contributed by atoms with Crippen molar-refractivity contribution in [2.75, 3.05) is 19.8 Å². The molecule has 2 rings (SSSR count). The average molecular weight is 359 g/mol. The Hall–Kier alpha value is -2.76. The summed E-state index contributed by atoms with van der Waals surface area (Å²) in [5.41, 5.74) is 1.63. The van der Waals surface area contributed by atoms with Crippen LogP contribution >= 0.6 is 0 Å². The van der Waals surface area contributed by atoms with E-state index >= 15 is 0 Å². The molecule has 0 unspecified atom stereocenters. The van der Waals surface area contributed by atoms with E-state index in [1.54, 1.807) is 19.9 Å². The summed E-state index contributed by atoms with van der Waals surface area (Å²) in [6.45, 7) is 8.67. The fraction of sp³-hybridized carbons (Fsp3) is 0.400. The molecule has 0 fully saturated rings. The van der Waals surface area contributed by atoms with Crippen LogP contribution in [0.2, 0.25) is 0 Å². The molecule has 0 spiro atoms. The first-order chi connectivity index (χ1) is 12.5.